The fraction of sp³-hybridized carbons (Fsp3) is 0.739. The van der Waals surface area contributed by atoms with Gasteiger partial charge in [0.25, 0.3) is 5.97 Å². The Morgan fingerprint density at radius 2 is 0.968 bits per heavy atom. The molecule has 0 saturated heterocycles. The van der Waals surface area contributed by atoms with Gasteiger partial charge in [-0.05, 0) is 25.7 Å². The highest BCUT2D eigenvalue weighted by Gasteiger charge is 2.31. The molecule has 1 atom stereocenters. The van der Waals surface area contributed by atoms with Crippen LogP contribution in [0.15, 0.2) is 0 Å². The fourth-order valence-electron chi connectivity index (χ4n) is 3.80. The van der Waals surface area contributed by atoms with Gasteiger partial charge in [-0.1, -0.05) is 71.1 Å². The molecule has 0 radical (unpaired) electrons. The normalized spacial score (nSPS) is 13.1. The first kappa shape index (κ1) is 27.8. The van der Waals surface area contributed by atoms with E-state index in [1.807, 2.05) is 0 Å². The third-order valence-corrected chi connectivity index (χ3v) is 5.73. The first-order chi connectivity index (χ1) is 14.6. The Balaban J connectivity index is 2.31. The van der Waals surface area contributed by atoms with E-state index in [1.54, 1.807) is 0 Å². The molecule has 31 heavy (non-hydrogen) atoms. The van der Waals surface area contributed by atoms with E-state index < -0.39 is 46.5 Å². The molecule has 1 aromatic rings. The van der Waals surface area contributed by atoms with E-state index in [0.29, 0.717) is 38.5 Å². The molecule has 0 aromatic heterocycles. The Hall–Kier alpha value is -1.25. The zero-order valence-electron chi connectivity index (χ0n) is 18.2. The Morgan fingerprint density at radius 3 is 1.42 bits per heavy atom. The Morgan fingerprint density at radius 1 is 0.581 bits per heavy atom. The third kappa shape index (κ3) is 9.41. The molecule has 0 spiro atoms. The summed E-state index contributed by atoms with van der Waals surface area (Å²) in [6.07, 6.45) is 9.81. The quantitative estimate of drug-likeness (QED) is 0.0908. The Labute approximate surface area is 181 Å². The van der Waals surface area contributed by atoms with Crippen LogP contribution in [-0.2, 0) is 6.42 Å². The maximum atomic E-state index is 13.6. The van der Waals surface area contributed by atoms with E-state index in [4.69, 9.17) is 0 Å². The average Bonchev–Trinajstić information content (AvgIpc) is 2.72. The minimum atomic E-state index is -2.71. The van der Waals surface area contributed by atoms with Crippen LogP contribution in [0.5, 0.6) is 0 Å². The van der Waals surface area contributed by atoms with Gasteiger partial charge in [0.15, 0.2) is 23.3 Å². The van der Waals surface area contributed by atoms with Gasteiger partial charge in [-0.15, -0.1) is 0 Å². The van der Waals surface area contributed by atoms with Crippen molar-refractivity contribution in [2.75, 3.05) is 0 Å². The fourth-order valence-corrected chi connectivity index (χ4v) is 3.80. The molecule has 0 heterocycles. The van der Waals surface area contributed by atoms with E-state index in [9.17, 15) is 37.3 Å². The van der Waals surface area contributed by atoms with Gasteiger partial charge in [-0.3, -0.25) is 0 Å². The van der Waals surface area contributed by atoms with Crippen molar-refractivity contribution in [1.29, 1.82) is 0 Å². The predicted octanol–water partition coefficient (Wildman–Crippen LogP) is 6.26. The minimum Gasteiger partial charge on any atom is -0.343 e. The average molecular weight is 455 g/mol. The van der Waals surface area contributed by atoms with E-state index in [2.05, 4.69) is 6.92 Å². The summed E-state index contributed by atoms with van der Waals surface area (Å²) in [6, 6.07) is 0. The van der Waals surface area contributed by atoms with Gasteiger partial charge in [0.1, 0.15) is 0 Å². The lowest BCUT2D eigenvalue weighted by molar-refractivity contribution is -0.344. The maximum Gasteiger partial charge on any atom is 0.278 e. The van der Waals surface area contributed by atoms with Crippen molar-refractivity contribution < 1.29 is 37.3 Å². The van der Waals surface area contributed by atoms with Crippen LogP contribution in [0.2, 0.25) is 0 Å². The molecule has 1 aromatic carbocycles. The highest BCUT2D eigenvalue weighted by atomic mass is 19.2. The second-order valence-corrected chi connectivity index (χ2v) is 8.30. The zero-order valence-corrected chi connectivity index (χ0v) is 18.2. The second kappa shape index (κ2) is 14.0. The second-order valence-electron chi connectivity index (χ2n) is 8.30. The van der Waals surface area contributed by atoms with E-state index in [-0.39, 0.29) is 12.8 Å². The maximum absolute atomic E-state index is 13.6. The molecular formula is C23H35F5O3. The molecule has 8 heteroatoms. The summed E-state index contributed by atoms with van der Waals surface area (Å²) >= 11 is 0. The molecule has 180 valence electrons. The smallest absolute Gasteiger partial charge is 0.278 e. The lowest BCUT2D eigenvalue weighted by Gasteiger charge is -2.26. The van der Waals surface area contributed by atoms with Gasteiger partial charge in [-0.2, -0.15) is 0 Å². The van der Waals surface area contributed by atoms with Crippen molar-refractivity contribution in [3.05, 3.63) is 34.6 Å². The van der Waals surface area contributed by atoms with Crippen LogP contribution < -0.4 is 0 Å². The van der Waals surface area contributed by atoms with Gasteiger partial charge in [0.2, 0.25) is 5.82 Å². The van der Waals surface area contributed by atoms with Crippen LogP contribution in [-0.4, -0.2) is 21.3 Å². The number of hydrogen-bond donors (Lipinski definition) is 3. The summed E-state index contributed by atoms with van der Waals surface area (Å²) < 4.78 is 66.7. The number of rotatable bonds is 16. The van der Waals surface area contributed by atoms with Crippen molar-refractivity contribution in [3.8, 4) is 0 Å². The summed E-state index contributed by atoms with van der Waals surface area (Å²) in [4.78, 5) is 0. The summed E-state index contributed by atoms with van der Waals surface area (Å²) in [5.41, 5.74) is -0.791. The molecule has 3 nitrogen and oxygen atoms in total. The molecule has 0 fully saturated rings. The van der Waals surface area contributed by atoms with Gasteiger partial charge >= 0.3 is 0 Å². The topological polar surface area (TPSA) is 60.7 Å². The molecule has 0 aliphatic heterocycles. The SMILES string of the molecule is CCCCCCCCC(CCCCCCCc1c(F)c(F)c(F)c(F)c1F)C(O)(O)O. The summed E-state index contributed by atoms with van der Waals surface area (Å²) in [5.74, 6) is -12.9. The molecule has 0 aliphatic carbocycles. The van der Waals surface area contributed by atoms with E-state index in [1.165, 1.54) is 6.42 Å². The van der Waals surface area contributed by atoms with Gasteiger partial charge in [0, 0.05) is 11.5 Å². The lowest BCUT2D eigenvalue weighted by Crippen LogP contribution is -2.37. The summed E-state index contributed by atoms with van der Waals surface area (Å²) in [7, 11) is 0. The van der Waals surface area contributed by atoms with Crippen LogP contribution >= 0.6 is 0 Å². The molecule has 0 aliphatic rings. The predicted molar refractivity (Wildman–Crippen MR) is 109 cm³/mol. The molecule has 3 N–H and O–H groups in total. The van der Waals surface area contributed by atoms with Gasteiger partial charge in [0.05, 0.1) is 0 Å². The van der Waals surface area contributed by atoms with Gasteiger partial charge < -0.3 is 15.3 Å². The Bertz CT molecular complexity index is 633. The van der Waals surface area contributed by atoms with Crippen molar-refractivity contribution in [2.45, 2.75) is 103 Å². The molecule has 0 saturated carbocycles. The molecule has 1 unspecified atom stereocenters. The van der Waals surface area contributed by atoms with Crippen molar-refractivity contribution in [1.82, 2.24) is 0 Å². The summed E-state index contributed by atoms with van der Waals surface area (Å²) in [6.45, 7) is 2.13. The number of unbranched alkanes of at least 4 members (excludes halogenated alkanes) is 9. The lowest BCUT2D eigenvalue weighted by atomic mass is 9.92. The van der Waals surface area contributed by atoms with Crippen molar-refractivity contribution in [2.24, 2.45) is 5.92 Å². The van der Waals surface area contributed by atoms with Crippen LogP contribution in [0.25, 0.3) is 0 Å². The zero-order chi connectivity index (χ0) is 23.4. The van der Waals surface area contributed by atoms with Crippen LogP contribution in [0, 0.1) is 35.0 Å². The van der Waals surface area contributed by atoms with E-state index >= 15 is 0 Å². The van der Waals surface area contributed by atoms with Crippen molar-refractivity contribution in [3.63, 3.8) is 0 Å². The molecule has 0 amide bonds. The first-order valence-electron chi connectivity index (χ1n) is 11.3. The number of halogens is 5. The third-order valence-electron chi connectivity index (χ3n) is 5.73. The van der Waals surface area contributed by atoms with E-state index in [0.717, 1.165) is 32.1 Å². The molecular weight excluding hydrogens is 419 g/mol. The molecule has 0 bridgehead atoms. The van der Waals surface area contributed by atoms with Crippen LogP contribution in [0.4, 0.5) is 22.0 Å². The van der Waals surface area contributed by atoms with Crippen molar-refractivity contribution >= 4 is 0 Å². The number of aliphatic hydroxyl groups is 3. The summed E-state index contributed by atoms with van der Waals surface area (Å²) in [5, 5.41) is 28.7. The number of benzene rings is 1. The van der Waals surface area contributed by atoms with Crippen LogP contribution in [0.1, 0.15) is 96.0 Å². The molecule has 1 rings (SSSR count). The standard InChI is InChI=1S/C23H35F5O3/c1-2-3-4-5-7-10-13-16(23(29,30)31)14-11-8-6-9-12-15-17-18(24)20(26)22(28)21(27)19(17)25/h16,29-31H,2-15H2,1H3. The largest absolute Gasteiger partial charge is 0.343 e. The monoisotopic (exact) mass is 454 g/mol. The van der Waals surface area contributed by atoms with Crippen LogP contribution in [0.3, 0.4) is 0 Å². The Kier molecular flexibility index (Phi) is 12.6. The number of hydrogen-bond acceptors (Lipinski definition) is 3. The highest BCUT2D eigenvalue weighted by molar-refractivity contribution is 5.24. The van der Waals surface area contributed by atoms with Gasteiger partial charge in [-0.25, -0.2) is 22.0 Å². The first-order valence-corrected chi connectivity index (χ1v) is 11.3. The minimum absolute atomic E-state index is 0.251. The highest BCUT2D eigenvalue weighted by Crippen LogP contribution is 2.27.